The number of methoxy groups -OCH3 is 1. The number of fused-ring (bicyclic) bond motifs is 1. The molecule has 2 rings (SSSR count). The van der Waals surface area contributed by atoms with E-state index in [4.69, 9.17) is 16.3 Å². The van der Waals surface area contributed by atoms with Crippen molar-refractivity contribution in [3.05, 3.63) is 35.5 Å². The molecular weight excluding hydrogens is 254 g/mol. The molecule has 0 bridgehead atoms. The van der Waals surface area contributed by atoms with E-state index in [1.807, 2.05) is 6.07 Å². The summed E-state index contributed by atoms with van der Waals surface area (Å²) in [4.78, 5) is 15.5. The van der Waals surface area contributed by atoms with E-state index in [0.29, 0.717) is 16.3 Å². The number of carbonyl (C=O) groups excluding carboxylic acids is 1. The lowest BCUT2D eigenvalue weighted by Crippen LogP contribution is -2.25. The monoisotopic (exact) mass is 265 g/mol. The van der Waals surface area contributed by atoms with E-state index >= 15 is 0 Å². The van der Waals surface area contributed by atoms with Crippen LogP contribution < -0.4 is 4.74 Å². The summed E-state index contributed by atoms with van der Waals surface area (Å²) in [6.45, 7) is 1.62. The number of hydrogen-bond donors (Lipinski definition) is 0. The fourth-order valence-electron chi connectivity index (χ4n) is 1.61. The molecule has 0 aliphatic carbocycles. The summed E-state index contributed by atoms with van der Waals surface area (Å²) >= 11 is 6.07. The number of hydrogen-bond acceptors (Lipinski definition) is 4. The molecule has 18 heavy (non-hydrogen) atoms. The minimum absolute atomic E-state index is 0.436. The van der Waals surface area contributed by atoms with Crippen molar-refractivity contribution in [1.82, 2.24) is 4.98 Å². The molecule has 94 valence electrons. The van der Waals surface area contributed by atoms with Crippen molar-refractivity contribution in [1.29, 1.82) is 0 Å². The van der Waals surface area contributed by atoms with Gasteiger partial charge in [-0.25, -0.2) is 4.79 Å². The first kappa shape index (κ1) is 12.6. The molecule has 1 atom stereocenters. The lowest BCUT2D eigenvalue weighted by atomic mass is 10.2. The minimum atomic E-state index is -0.693. The van der Waals surface area contributed by atoms with E-state index in [1.54, 1.807) is 31.3 Å². The van der Waals surface area contributed by atoms with E-state index < -0.39 is 12.1 Å². The number of benzene rings is 1. The Morgan fingerprint density at radius 3 is 2.89 bits per heavy atom. The SMILES string of the molecule is COC(=O)C(C)Oc1ccc(Cl)c2cccnc12. The van der Waals surface area contributed by atoms with Gasteiger partial charge >= 0.3 is 5.97 Å². The summed E-state index contributed by atoms with van der Waals surface area (Å²) in [5, 5.41) is 1.38. The highest BCUT2D eigenvalue weighted by Gasteiger charge is 2.17. The van der Waals surface area contributed by atoms with Gasteiger partial charge in [-0.2, -0.15) is 0 Å². The minimum Gasteiger partial charge on any atom is -0.477 e. The number of ether oxygens (including phenoxy) is 2. The lowest BCUT2D eigenvalue weighted by molar-refractivity contribution is -0.147. The molecule has 0 aliphatic rings. The molecule has 0 saturated heterocycles. The Balaban J connectivity index is 2.40. The maximum atomic E-state index is 11.3. The topological polar surface area (TPSA) is 48.4 Å². The Morgan fingerprint density at radius 1 is 1.39 bits per heavy atom. The van der Waals surface area contributed by atoms with Crippen molar-refractivity contribution in [2.24, 2.45) is 0 Å². The zero-order chi connectivity index (χ0) is 13.1. The van der Waals surface area contributed by atoms with Crippen LogP contribution in [0.15, 0.2) is 30.5 Å². The van der Waals surface area contributed by atoms with Crippen LogP contribution in [0.5, 0.6) is 5.75 Å². The van der Waals surface area contributed by atoms with Crippen LogP contribution in [0.2, 0.25) is 5.02 Å². The fourth-order valence-corrected chi connectivity index (χ4v) is 1.83. The average molecular weight is 266 g/mol. The molecule has 1 aromatic carbocycles. The van der Waals surface area contributed by atoms with E-state index in [0.717, 1.165) is 5.39 Å². The summed E-state index contributed by atoms with van der Waals surface area (Å²) < 4.78 is 10.1. The predicted molar refractivity (Wildman–Crippen MR) is 68.9 cm³/mol. The van der Waals surface area contributed by atoms with Crippen molar-refractivity contribution in [3.8, 4) is 5.75 Å². The molecule has 0 amide bonds. The number of carbonyl (C=O) groups is 1. The van der Waals surface area contributed by atoms with Crippen LogP contribution in [0.4, 0.5) is 0 Å². The third kappa shape index (κ3) is 2.38. The van der Waals surface area contributed by atoms with Crippen LogP contribution in [0.25, 0.3) is 10.9 Å². The van der Waals surface area contributed by atoms with Crippen LogP contribution in [0, 0.1) is 0 Å². The van der Waals surface area contributed by atoms with E-state index in [1.165, 1.54) is 7.11 Å². The normalized spacial score (nSPS) is 12.2. The standard InChI is InChI=1S/C13H12ClNO3/c1-8(13(16)17-2)18-11-6-5-10(14)9-4-3-7-15-12(9)11/h3-8H,1-2H3. The summed E-state index contributed by atoms with van der Waals surface area (Å²) in [6.07, 6.45) is 0.954. The second kappa shape index (κ2) is 5.23. The number of pyridine rings is 1. The fraction of sp³-hybridized carbons (Fsp3) is 0.231. The third-order valence-electron chi connectivity index (χ3n) is 2.52. The van der Waals surface area contributed by atoms with Crippen molar-refractivity contribution in [3.63, 3.8) is 0 Å². The zero-order valence-electron chi connectivity index (χ0n) is 10.0. The van der Waals surface area contributed by atoms with Gasteiger partial charge in [-0.3, -0.25) is 4.98 Å². The lowest BCUT2D eigenvalue weighted by Gasteiger charge is -2.14. The van der Waals surface area contributed by atoms with Gasteiger partial charge in [0.2, 0.25) is 0 Å². The van der Waals surface area contributed by atoms with Gasteiger partial charge in [0.25, 0.3) is 0 Å². The first-order chi connectivity index (χ1) is 8.63. The molecule has 0 aliphatic heterocycles. The summed E-state index contributed by atoms with van der Waals surface area (Å²) in [6, 6.07) is 7.05. The first-order valence-corrected chi connectivity index (χ1v) is 5.79. The Hall–Kier alpha value is -1.81. The smallest absolute Gasteiger partial charge is 0.346 e. The molecule has 0 N–H and O–H groups in total. The average Bonchev–Trinajstić information content (AvgIpc) is 2.41. The molecule has 1 heterocycles. The number of aromatic nitrogens is 1. The number of rotatable bonds is 3. The first-order valence-electron chi connectivity index (χ1n) is 5.41. The summed E-state index contributed by atoms with van der Waals surface area (Å²) in [5.74, 6) is 0.0712. The highest BCUT2D eigenvalue weighted by molar-refractivity contribution is 6.35. The van der Waals surface area contributed by atoms with Crippen molar-refractivity contribution in [2.45, 2.75) is 13.0 Å². The highest BCUT2D eigenvalue weighted by Crippen LogP contribution is 2.30. The second-order valence-corrected chi connectivity index (χ2v) is 4.14. The largest absolute Gasteiger partial charge is 0.477 e. The van der Waals surface area contributed by atoms with Crippen LogP contribution in [0.1, 0.15) is 6.92 Å². The molecular formula is C13H12ClNO3. The quantitative estimate of drug-likeness (QED) is 0.801. The second-order valence-electron chi connectivity index (χ2n) is 3.73. The molecule has 0 fully saturated rings. The Kier molecular flexibility index (Phi) is 3.67. The van der Waals surface area contributed by atoms with Crippen molar-refractivity contribution >= 4 is 28.5 Å². The van der Waals surface area contributed by atoms with Gasteiger partial charge in [0.15, 0.2) is 6.10 Å². The van der Waals surface area contributed by atoms with Crippen molar-refractivity contribution < 1.29 is 14.3 Å². The van der Waals surface area contributed by atoms with E-state index in [9.17, 15) is 4.79 Å². The van der Waals surface area contributed by atoms with Gasteiger partial charge < -0.3 is 9.47 Å². The Morgan fingerprint density at radius 2 is 2.17 bits per heavy atom. The molecule has 0 saturated carbocycles. The molecule has 5 heteroatoms. The summed E-state index contributed by atoms with van der Waals surface area (Å²) in [5.41, 5.74) is 0.626. The van der Waals surface area contributed by atoms with Crippen LogP contribution in [-0.2, 0) is 9.53 Å². The Bertz CT molecular complexity index is 585. The molecule has 1 unspecified atom stereocenters. The molecule has 4 nitrogen and oxygen atoms in total. The van der Waals surface area contributed by atoms with E-state index in [2.05, 4.69) is 9.72 Å². The van der Waals surface area contributed by atoms with Gasteiger partial charge in [-0.15, -0.1) is 0 Å². The molecule has 0 spiro atoms. The third-order valence-corrected chi connectivity index (χ3v) is 2.85. The van der Waals surface area contributed by atoms with Crippen LogP contribution in [0.3, 0.4) is 0 Å². The number of esters is 1. The zero-order valence-corrected chi connectivity index (χ0v) is 10.8. The Labute approximate surface area is 109 Å². The number of nitrogens with zero attached hydrogens (tertiary/aromatic N) is 1. The van der Waals surface area contributed by atoms with Gasteiger partial charge in [0, 0.05) is 11.6 Å². The molecule has 1 aromatic heterocycles. The van der Waals surface area contributed by atoms with Gasteiger partial charge in [-0.1, -0.05) is 11.6 Å². The van der Waals surface area contributed by atoms with Gasteiger partial charge in [-0.05, 0) is 31.2 Å². The summed E-state index contributed by atoms with van der Waals surface area (Å²) in [7, 11) is 1.32. The predicted octanol–water partition coefficient (Wildman–Crippen LogP) is 2.83. The van der Waals surface area contributed by atoms with Crippen molar-refractivity contribution in [2.75, 3.05) is 7.11 Å². The molecule has 0 radical (unpaired) electrons. The van der Waals surface area contributed by atoms with E-state index in [-0.39, 0.29) is 0 Å². The maximum absolute atomic E-state index is 11.3. The van der Waals surface area contributed by atoms with Gasteiger partial charge in [0.1, 0.15) is 11.3 Å². The van der Waals surface area contributed by atoms with Crippen LogP contribution >= 0.6 is 11.6 Å². The van der Waals surface area contributed by atoms with Gasteiger partial charge in [0.05, 0.1) is 12.1 Å². The number of halogens is 1. The maximum Gasteiger partial charge on any atom is 0.346 e. The van der Waals surface area contributed by atoms with Crippen LogP contribution in [-0.4, -0.2) is 24.2 Å². The highest BCUT2D eigenvalue weighted by atomic mass is 35.5. The molecule has 2 aromatic rings.